The molecule has 0 aromatic carbocycles. The van der Waals surface area contributed by atoms with Crippen molar-refractivity contribution in [2.45, 2.75) is 78.1 Å². The van der Waals surface area contributed by atoms with E-state index < -0.39 is 0 Å². The minimum atomic E-state index is -0.131. The smallest absolute Gasteiger partial charge is 0.139 e. The highest BCUT2D eigenvalue weighted by Crippen LogP contribution is 2.65. The van der Waals surface area contributed by atoms with Gasteiger partial charge in [-0.15, -0.1) is 12.4 Å². The fraction of sp³-hybridized carbons (Fsp3) is 0.833. The van der Waals surface area contributed by atoms with Gasteiger partial charge in [0.2, 0.25) is 0 Å². The summed E-state index contributed by atoms with van der Waals surface area (Å²) in [6, 6.07) is 0. The summed E-state index contributed by atoms with van der Waals surface area (Å²) in [5.74, 6) is 3.33. The number of rotatable bonds is 4. The largest absolute Gasteiger partial charge is 0.330 e. The topological polar surface area (TPSA) is 60.2 Å². The summed E-state index contributed by atoms with van der Waals surface area (Å²) < 4.78 is 0. The summed E-state index contributed by atoms with van der Waals surface area (Å²) in [5, 5.41) is 0. The highest BCUT2D eigenvalue weighted by molar-refractivity contribution is 5.88. The summed E-state index contributed by atoms with van der Waals surface area (Å²) in [4.78, 5) is 25.8. The zero-order chi connectivity index (χ0) is 19.2. The molecule has 0 aromatic heterocycles. The third-order valence-corrected chi connectivity index (χ3v) is 9.19. The van der Waals surface area contributed by atoms with E-state index in [0.29, 0.717) is 35.2 Å². The van der Waals surface area contributed by atoms with Gasteiger partial charge in [-0.3, -0.25) is 9.59 Å². The van der Waals surface area contributed by atoms with Crippen molar-refractivity contribution in [3.63, 3.8) is 0 Å². The Hall–Kier alpha value is -0.670. The van der Waals surface area contributed by atoms with Crippen LogP contribution in [0.4, 0.5) is 0 Å². The molecule has 4 rings (SSSR count). The number of carbonyl (C=O) groups excluding carboxylic acids is 2. The molecule has 4 fully saturated rings. The zero-order valence-corrected chi connectivity index (χ0v) is 18.4. The Bertz CT molecular complexity index is 647. The second kappa shape index (κ2) is 8.22. The lowest BCUT2D eigenvalue weighted by molar-refractivity contribution is -0.157. The maximum absolute atomic E-state index is 13.3. The van der Waals surface area contributed by atoms with E-state index in [1.165, 1.54) is 12.8 Å². The molecule has 2 N–H and O–H groups in total. The first-order valence-corrected chi connectivity index (χ1v) is 11.3. The lowest BCUT2D eigenvalue weighted by Gasteiger charge is -2.59. The fourth-order valence-electron chi connectivity index (χ4n) is 7.54. The predicted octanol–water partition coefficient (Wildman–Crippen LogP) is 5.11. The summed E-state index contributed by atoms with van der Waals surface area (Å²) in [7, 11) is 0. The number of hydrogen-bond acceptors (Lipinski definition) is 3. The number of Topliss-reactive ketones (excluding diaryl/α,β-unsaturated/α-hetero) is 2. The molecule has 7 atom stereocenters. The van der Waals surface area contributed by atoms with Gasteiger partial charge in [-0.1, -0.05) is 26.0 Å². The normalized spacial score (nSPS) is 45.3. The van der Waals surface area contributed by atoms with Crippen LogP contribution in [0, 0.1) is 40.4 Å². The number of nitrogens with two attached hydrogens (primary N) is 1. The second-order valence-electron chi connectivity index (χ2n) is 10.4. The molecule has 28 heavy (non-hydrogen) atoms. The molecule has 0 saturated heterocycles. The Morgan fingerprint density at radius 1 is 1.11 bits per heavy atom. The van der Waals surface area contributed by atoms with Gasteiger partial charge >= 0.3 is 0 Å². The Kier molecular flexibility index (Phi) is 6.47. The number of unbranched alkanes of at least 4 members (excludes halogenated alkanes) is 1. The molecule has 0 heterocycles. The monoisotopic (exact) mass is 407 g/mol. The SMILES string of the molecule is C[C@]12CC[C@H](/C=C\CCCN)CC1C(=O)C[C@@H]1[C@@H]2CC[C@]2(C)C(=O)CC[C@@H]12.Cl. The second-order valence-corrected chi connectivity index (χ2v) is 10.4. The van der Waals surface area contributed by atoms with Gasteiger partial charge in [-0.2, -0.15) is 0 Å². The van der Waals surface area contributed by atoms with Crippen LogP contribution in [-0.2, 0) is 9.59 Å². The Balaban J connectivity index is 0.00000225. The van der Waals surface area contributed by atoms with Crippen LogP contribution in [0.5, 0.6) is 0 Å². The third-order valence-electron chi connectivity index (χ3n) is 9.19. The van der Waals surface area contributed by atoms with Crippen LogP contribution in [0.25, 0.3) is 0 Å². The molecule has 158 valence electrons. The highest BCUT2D eigenvalue weighted by Gasteiger charge is 2.62. The van der Waals surface area contributed by atoms with E-state index in [0.717, 1.165) is 57.9 Å². The van der Waals surface area contributed by atoms with Crippen LogP contribution in [0.1, 0.15) is 78.1 Å². The van der Waals surface area contributed by atoms with E-state index in [2.05, 4.69) is 26.0 Å². The average Bonchev–Trinajstić information content (AvgIpc) is 2.95. The van der Waals surface area contributed by atoms with Crippen LogP contribution in [0.2, 0.25) is 0 Å². The predicted molar refractivity (Wildman–Crippen MR) is 115 cm³/mol. The third kappa shape index (κ3) is 3.41. The van der Waals surface area contributed by atoms with Gasteiger partial charge in [-0.25, -0.2) is 0 Å². The molecular formula is C24H38ClNO2. The molecule has 1 unspecified atom stereocenters. The van der Waals surface area contributed by atoms with Gasteiger partial charge in [0, 0.05) is 24.2 Å². The van der Waals surface area contributed by atoms with Crippen molar-refractivity contribution in [3.05, 3.63) is 12.2 Å². The average molecular weight is 408 g/mol. The number of allylic oxidation sites excluding steroid dienone is 2. The van der Waals surface area contributed by atoms with Gasteiger partial charge in [0.15, 0.2) is 0 Å². The van der Waals surface area contributed by atoms with Gasteiger partial charge in [-0.05, 0) is 87.0 Å². The molecule has 4 heteroatoms. The van der Waals surface area contributed by atoms with Crippen LogP contribution < -0.4 is 5.73 Å². The highest BCUT2D eigenvalue weighted by atomic mass is 35.5. The van der Waals surface area contributed by atoms with Crippen molar-refractivity contribution in [2.24, 2.45) is 46.2 Å². The van der Waals surface area contributed by atoms with Gasteiger partial charge in [0.05, 0.1) is 0 Å². The van der Waals surface area contributed by atoms with E-state index in [9.17, 15) is 9.59 Å². The van der Waals surface area contributed by atoms with Gasteiger partial charge in [0.25, 0.3) is 0 Å². The van der Waals surface area contributed by atoms with Crippen molar-refractivity contribution < 1.29 is 9.59 Å². The van der Waals surface area contributed by atoms with Crippen molar-refractivity contribution in [3.8, 4) is 0 Å². The van der Waals surface area contributed by atoms with Crippen molar-refractivity contribution >= 4 is 24.0 Å². The van der Waals surface area contributed by atoms with E-state index in [1.54, 1.807) is 0 Å². The Labute approximate surface area is 176 Å². The number of ketones is 2. The molecule has 3 nitrogen and oxygen atoms in total. The van der Waals surface area contributed by atoms with E-state index in [4.69, 9.17) is 5.73 Å². The molecule has 4 saturated carbocycles. The van der Waals surface area contributed by atoms with Crippen LogP contribution >= 0.6 is 12.4 Å². The first-order chi connectivity index (χ1) is 12.9. The number of fused-ring (bicyclic) bond motifs is 5. The molecule has 0 aliphatic heterocycles. The maximum atomic E-state index is 13.3. The minimum absolute atomic E-state index is 0. The van der Waals surface area contributed by atoms with Crippen LogP contribution in [0.15, 0.2) is 12.2 Å². The minimum Gasteiger partial charge on any atom is -0.330 e. The molecular weight excluding hydrogens is 370 g/mol. The lowest BCUT2D eigenvalue weighted by Crippen LogP contribution is -2.56. The summed E-state index contributed by atoms with van der Waals surface area (Å²) >= 11 is 0. The molecule has 0 radical (unpaired) electrons. The Morgan fingerprint density at radius 2 is 1.89 bits per heavy atom. The van der Waals surface area contributed by atoms with E-state index in [-0.39, 0.29) is 29.2 Å². The van der Waals surface area contributed by atoms with E-state index >= 15 is 0 Å². The molecule has 4 aliphatic carbocycles. The summed E-state index contributed by atoms with van der Waals surface area (Å²) in [6.07, 6.45) is 14.9. The number of hydrogen-bond donors (Lipinski definition) is 1. The van der Waals surface area contributed by atoms with Gasteiger partial charge in [0.1, 0.15) is 11.6 Å². The van der Waals surface area contributed by atoms with Crippen molar-refractivity contribution in [1.29, 1.82) is 0 Å². The molecule has 4 aliphatic rings. The summed E-state index contributed by atoms with van der Waals surface area (Å²) in [6.45, 7) is 5.37. The molecule has 0 aromatic rings. The zero-order valence-electron chi connectivity index (χ0n) is 17.6. The maximum Gasteiger partial charge on any atom is 0.139 e. The molecule has 0 bridgehead atoms. The van der Waals surface area contributed by atoms with Crippen LogP contribution in [0.3, 0.4) is 0 Å². The quantitative estimate of drug-likeness (QED) is 0.520. The van der Waals surface area contributed by atoms with E-state index in [1.807, 2.05) is 0 Å². The lowest BCUT2D eigenvalue weighted by atomic mass is 9.44. The van der Waals surface area contributed by atoms with Crippen molar-refractivity contribution in [1.82, 2.24) is 0 Å². The van der Waals surface area contributed by atoms with Gasteiger partial charge < -0.3 is 5.73 Å². The summed E-state index contributed by atoms with van der Waals surface area (Å²) in [5.41, 5.74) is 5.62. The molecule has 0 amide bonds. The number of carbonyl (C=O) groups is 2. The number of halogens is 1. The fourth-order valence-corrected chi connectivity index (χ4v) is 7.54. The Morgan fingerprint density at radius 3 is 2.64 bits per heavy atom. The molecule has 0 spiro atoms. The van der Waals surface area contributed by atoms with Crippen LogP contribution in [-0.4, -0.2) is 18.1 Å². The standard InChI is InChI=1S/C24H37NO2.ClH/c1-23-11-9-16(6-4-3-5-13-25)14-20(23)21(26)15-17-18-7-8-22(27)24(18,2)12-10-19(17)23;/h4,6,16-20H,3,5,7-15,25H2,1-2H3;1H/b6-4-;/t16-,17-,18-,19-,20?,23+,24-;/m0./s1. The van der Waals surface area contributed by atoms with Crippen molar-refractivity contribution in [2.75, 3.05) is 6.54 Å². The first kappa shape index (κ1) is 22.0. The first-order valence-electron chi connectivity index (χ1n) is 11.3.